The molecule has 2 N–H and O–H groups in total. The number of nitrogens with one attached hydrogen (secondary N) is 1. The maximum atomic E-state index is 12.1. The average molecular weight is 299 g/mol. The fourth-order valence-electron chi connectivity index (χ4n) is 2.60. The van der Waals surface area contributed by atoms with Gasteiger partial charge in [-0.25, -0.2) is 0 Å². The van der Waals surface area contributed by atoms with Crippen LogP contribution in [-0.2, 0) is 0 Å². The molecule has 114 valence electrons. The molecule has 3 rings (SSSR count). The molecular weight excluding hydrogens is 282 g/mol. The molecule has 5 nitrogen and oxygen atoms in total. The predicted octanol–water partition coefficient (Wildman–Crippen LogP) is 1.99. The summed E-state index contributed by atoms with van der Waals surface area (Å²) in [6, 6.07) is 7.95. The summed E-state index contributed by atoms with van der Waals surface area (Å²) in [4.78, 5) is 24.1. The molecule has 0 fully saturated rings. The molecular formula is C17H17NO4. The highest BCUT2D eigenvalue weighted by molar-refractivity contribution is 5.93. The second-order valence-electron chi connectivity index (χ2n) is 5.55. The fourth-order valence-corrected chi connectivity index (χ4v) is 2.60. The summed E-state index contributed by atoms with van der Waals surface area (Å²) >= 11 is 0. The van der Waals surface area contributed by atoms with Gasteiger partial charge in [-0.3, -0.25) is 9.59 Å². The van der Waals surface area contributed by atoms with E-state index in [0.29, 0.717) is 17.4 Å². The SMILES string of the molecule is O=C(NCC1(O)C=CCCC1)c1cc(=O)c2ccccc2o1. The van der Waals surface area contributed by atoms with Gasteiger partial charge >= 0.3 is 0 Å². The zero-order chi connectivity index (χ0) is 15.6. The Morgan fingerprint density at radius 2 is 2.18 bits per heavy atom. The van der Waals surface area contributed by atoms with Gasteiger partial charge in [0.25, 0.3) is 5.91 Å². The average Bonchev–Trinajstić information content (AvgIpc) is 2.53. The Morgan fingerprint density at radius 1 is 1.36 bits per heavy atom. The van der Waals surface area contributed by atoms with Gasteiger partial charge in [-0.2, -0.15) is 0 Å². The minimum atomic E-state index is -1.02. The van der Waals surface area contributed by atoms with Crippen LogP contribution >= 0.6 is 0 Å². The molecule has 1 aliphatic rings. The Bertz CT molecular complexity index is 793. The van der Waals surface area contributed by atoms with E-state index in [4.69, 9.17) is 4.42 Å². The van der Waals surface area contributed by atoms with E-state index in [-0.39, 0.29) is 17.7 Å². The minimum absolute atomic E-state index is 0.0490. The summed E-state index contributed by atoms with van der Waals surface area (Å²) < 4.78 is 5.47. The van der Waals surface area contributed by atoms with E-state index in [1.165, 1.54) is 6.07 Å². The summed E-state index contributed by atoms with van der Waals surface area (Å²) in [6.07, 6.45) is 6.05. The third-order valence-electron chi connectivity index (χ3n) is 3.82. The number of rotatable bonds is 3. The number of aliphatic hydroxyl groups is 1. The number of amides is 1. The molecule has 0 radical (unpaired) electrons. The Labute approximate surface area is 127 Å². The van der Waals surface area contributed by atoms with Gasteiger partial charge in [0.2, 0.25) is 0 Å². The summed E-state index contributed by atoms with van der Waals surface area (Å²) in [6.45, 7) is 0.0961. The lowest BCUT2D eigenvalue weighted by Crippen LogP contribution is -2.42. The first-order valence-electron chi connectivity index (χ1n) is 7.29. The van der Waals surface area contributed by atoms with Crippen LogP contribution in [0.3, 0.4) is 0 Å². The standard InChI is InChI=1S/C17H17NO4/c19-13-10-15(22-14-7-3-2-6-12(13)14)16(20)18-11-17(21)8-4-1-5-9-17/h2-4,6-8,10,21H,1,5,9,11H2,(H,18,20). The molecule has 0 saturated carbocycles. The number of hydrogen-bond acceptors (Lipinski definition) is 4. The van der Waals surface area contributed by atoms with Crippen LogP contribution in [-0.4, -0.2) is 23.2 Å². The molecule has 5 heteroatoms. The van der Waals surface area contributed by atoms with Crippen LogP contribution in [0.2, 0.25) is 0 Å². The number of hydrogen-bond donors (Lipinski definition) is 2. The number of fused-ring (bicyclic) bond motifs is 1. The van der Waals surface area contributed by atoms with Gasteiger partial charge in [0, 0.05) is 6.07 Å². The van der Waals surface area contributed by atoms with Gasteiger partial charge in [0.05, 0.1) is 17.5 Å². The smallest absolute Gasteiger partial charge is 0.287 e. The topological polar surface area (TPSA) is 79.5 Å². The third kappa shape index (κ3) is 2.94. The van der Waals surface area contributed by atoms with Crippen molar-refractivity contribution in [2.24, 2.45) is 0 Å². The van der Waals surface area contributed by atoms with E-state index in [2.05, 4.69) is 5.32 Å². The Balaban J connectivity index is 1.79. The van der Waals surface area contributed by atoms with Crippen LogP contribution in [0.15, 0.2) is 51.7 Å². The summed E-state index contributed by atoms with van der Waals surface area (Å²) in [5.41, 5.74) is -0.912. The Hall–Kier alpha value is -2.40. The fraction of sp³-hybridized carbons (Fsp3) is 0.294. The molecule has 1 unspecified atom stereocenters. The van der Waals surface area contributed by atoms with Crippen molar-refractivity contribution in [3.63, 3.8) is 0 Å². The molecule has 1 aliphatic carbocycles. The number of allylic oxidation sites excluding steroid dienone is 1. The van der Waals surface area contributed by atoms with E-state index in [1.54, 1.807) is 30.3 Å². The summed E-state index contributed by atoms with van der Waals surface area (Å²) in [5.74, 6) is -0.553. The zero-order valence-electron chi connectivity index (χ0n) is 12.0. The van der Waals surface area contributed by atoms with E-state index in [9.17, 15) is 14.7 Å². The van der Waals surface area contributed by atoms with Crippen molar-refractivity contribution in [1.29, 1.82) is 0 Å². The molecule has 2 aromatic rings. The maximum absolute atomic E-state index is 12.1. The van der Waals surface area contributed by atoms with Crippen molar-refractivity contribution in [2.45, 2.75) is 24.9 Å². The van der Waals surface area contributed by atoms with Crippen LogP contribution < -0.4 is 10.7 Å². The first kappa shape index (κ1) is 14.5. The Kier molecular flexibility index (Phi) is 3.81. The van der Waals surface area contributed by atoms with Gasteiger partial charge < -0.3 is 14.8 Å². The van der Waals surface area contributed by atoms with Crippen molar-refractivity contribution in [3.05, 3.63) is 58.5 Å². The van der Waals surface area contributed by atoms with Crippen LogP contribution in [0.4, 0.5) is 0 Å². The van der Waals surface area contributed by atoms with Gasteiger partial charge in [-0.1, -0.05) is 24.3 Å². The highest BCUT2D eigenvalue weighted by Gasteiger charge is 2.26. The van der Waals surface area contributed by atoms with Gasteiger partial charge in [-0.05, 0) is 31.4 Å². The van der Waals surface area contributed by atoms with Gasteiger partial charge in [0.1, 0.15) is 5.58 Å². The minimum Gasteiger partial charge on any atom is -0.451 e. The second kappa shape index (κ2) is 5.77. The van der Waals surface area contributed by atoms with Crippen molar-refractivity contribution < 1.29 is 14.3 Å². The van der Waals surface area contributed by atoms with Crippen LogP contribution in [0.1, 0.15) is 29.8 Å². The lowest BCUT2D eigenvalue weighted by molar-refractivity contribution is 0.0649. The zero-order valence-corrected chi connectivity index (χ0v) is 12.0. The quantitative estimate of drug-likeness (QED) is 0.850. The molecule has 1 heterocycles. The van der Waals surface area contributed by atoms with Gasteiger partial charge in [0.15, 0.2) is 11.2 Å². The molecule has 1 aromatic carbocycles. The normalized spacial score (nSPS) is 21.0. The summed E-state index contributed by atoms with van der Waals surface area (Å²) in [7, 11) is 0. The summed E-state index contributed by atoms with van der Waals surface area (Å²) in [5, 5.41) is 13.4. The monoisotopic (exact) mass is 299 g/mol. The molecule has 1 atom stereocenters. The van der Waals surface area contributed by atoms with Crippen molar-refractivity contribution in [3.8, 4) is 0 Å². The van der Waals surface area contributed by atoms with E-state index in [1.807, 2.05) is 6.08 Å². The first-order valence-corrected chi connectivity index (χ1v) is 7.29. The van der Waals surface area contributed by atoms with Crippen LogP contribution in [0.25, 0.3) is 11.0 Å². The van der Waals surface area contributed by atoms with Crippen molar-refractivity contribution in [1.82, 2.24) is 5.32 Å². The predicted molar refractivity (Wildman–Crippen MR) is 82.8 cm³/mol. The number of carbonyl (C=O) groups excluding carboxylic acids is 1. The highest BCUT2D eigenvalue weighted by Crippen LogP contribution is 2.21. The lowest BCUT2D eigenvalue weighted by atomic mass is 9.91. The van der Waals surface area contributed by atoms with Crippen molar-refractivity contribution in [2.75, 3.05) is 6.54 Å². The largest absolute Gasteiger partial charge is 0.451 e. The number of benzene rings is 1. The first-order chi connectivity index (χ1) is 10.6. The molecule has 0 aliphatic heterocycles. The maximum Gasteiger partial charge on any atom is 0.287 e. The van der Waals surface area contributed by atoms with Crippen LogP contribution in [0, 0.1) is 0 Å². The number of para-hydroxylation sites is 1. The molecule has 1 aromatic heterocycles. The van der Waals surface area contributed by atoms with E-state index in [0.717, 1.165) is 12.8 Å². The van der Waals surface area contributed by atoms with Crippen LogP contribution in [0.5, 0.6) is 0 Å². The molecule has 22 heavy (non-hydrogen) atoms. The second-order valence-corrected chi connectivity index (χ2v) is 5.55. The lowest BCUT2D eigenvalue weighted by Gasteiger charge is -2.27. The van der Waals surface area contributed by atoms with E-state index >= 15 is 0 Å². The Morgan fingerprint density at radius 3 is 2.95 bits per heavy atom. The molecule has 0 bridgehead atoms. The third-order valence-corrected chi connectivity index (χ3v) is 3.82. The highest BCUT2D eigenvalue weighted by atomic mass is 16.3. The molecule has 0 saturated heterocycles. The van der Waals surface area contributed by atoms with E-state index < -0.39 is 11.5 Å². The molecule has 1 amide bonds. The molecule has 0 spiro atoms. The van der Waals surface area contributed by atoms with Crippen molar-refractivity contribution >= 4 is 16.9 Å². The number of carbonyl (C=O) groups is 1. The van der Waals surface area contributed by atoms with Gasteiger partial charge in [-0.15, -0.1) is 0 Å².